The van der Waals surface area contributed by atoms with Gasteiger partial charge in [-0.25, -0.2) is 0 Å². The molecule has 1 fully saturated rings. The summed E-state index contributed by atoms with van der Waals surface area (Å²) in [5.41, 5.74) is 2.17. The summed E-state index contributed by atoms with van der Waals surface area (Å²) in [6, 6.07) is 4.66. The molecule has 0 amide bonds. The maximum absolute atomic E-state index is 5.30. The lowest BCUT2D eigenvalue weighted by Crippen LogP contribution is -2.27. The predicted molar refractivity (Wildman–Crippen MR) is 56.4 cm³/mol. The average molecular weight is 192 g/mol. The Balaban J connectivity index is 1.92. The molecular formula is C11H16N2O. The molecule has 0 radical (unpaired) electrons. The van der Waals surface area contributed by atoms with Gasteiger partial charge in [0.1, 0.15) is 0 Å². The van der Waals surface area contributed by atoms with Crippen molar-refractivity contribution in [3.05, 3.63) is 24.0 Å². The van der Waals surface area contributed by atoms with Gasteiger partial charge in [0.2, 0.25) is 0 Å². The monoisotopic (exact) mass is 192 g/mol. The Labute approximate surface area is 84.5 Å². The van der Waals surface area contributed by atoms with E-state index in [2.05, 4.69) is 16.4 Å². The van der Waals surface area contributed by atoms with Gasteiger partial charge in [0, 0.05) is 24.9 Å². The first kappa shape index (κ1) is 9.46. The molecule has 1 saturated heterocycles. The molecule has 0 bridgehead atoms. The molecule has 3 nitrogen and oxygen atoms in total. The van der Waals surface area contributed by atoms with Crippen molar-refractivity contribution in [1.82, 2.24) is 4.98 Å². The minimum atomic E-state index is 0.549. The normalized spacial score (nSPS) is 18.1. The first-order valence-electron chi connectivity index (χ1n) is 5.11. The van der Waals surface area contributed by atoms with Crippen LogP contribution in [0.1, 0.15) is 18.5 Å². The smallest absolute Gasteiger partial charge is 0.0529 e. The molecule has 0 aliphatic carbocycles. The second-order valence-electron chi connectivity index (χ2n) is 3.72. The molecule has 1 N–H and O–H groups in total. The fourth-order valence-corrected chi connectivity index (χ4v) is 1.63. The van der Waals surface area contributed by atoms with Gasteiger partial charge in [0.15, 0.2) is 0 Å². The van der Waals surface area contributed by atoms with Crippen LogP contribution in [-0.2, 0) is 4.74 Å². The fraction of sp³-hybridized carbons (Fsp3) is 0.545. The highest BCUT2D eigenvalue weighted by Gasteiger charge is 2.12. The van der Waals surface area contributed by atoms with Crippen molar-refractivity contribution in [1.29, 1.82) is 0 Å². The Hall–Kier alpha value is -1.09. The Morgan fingerprint density at radius 3 is 2.79 bits per heavy atom. The maximum atomic E-state index is 5.30. The number of aromatic nitrogens is 1. The van der Waals surface area contributed by atoms with E-state index in [1.165, 1.54) is 0 Å². The van der Waals surface area contributed by atoms with Crippen molar-refractivity contribution in [3.63, 3.8) is 0 Å². The van der Waals surface area contributed by atoms with Crippen LogP contribution in [0.2, 0.25) is 0 Å². The van der Waals surface area contributed by atoms with Crippen molar-refractivity contribution in [2.45, 2.75) is 25.8 Å². The van der Waals surface area contributed by atoms with Gasteiger partial charge in [-0.15, -0.1) is 0 Å². The Morgan fingerprint density at radius 1 is 1.36 bits per heavy atom. The van der Waals surface area contributed by atoms with Crippen molar-refractivity contribution in [3.8, 4) is 0 Å². The Bertz CT molecular complexity index is 278. The lowest BCUT2D eigenvalue weighted by atomic mass is 10.1. The highest BCUT2D eigenvalue weighted by atomic mass is 16.5. The number of nitrogens with zero attached hydrogens (tertiary/aromatic N) is 1. The highest BCUT2D eigenvalue weighted by Crippen LogP contribution is 2.14. The fourth-order valence-electron chi connectivity index (χ4n) is 1.63. The summed E-state index contributed by atoms with van der Waals surface area (Å²) in [7, 11) is 0. The van der Waals surface area contributed by atoms with E-state index in [1.807, 2.05) is 19.2 Å². The van der Waals surface area contributed by atoms with Gasteiger partial charge < -0.3 is 10.1 Å². The van der Waals surface area contributed by atoms with Crippen molar-refractivity contribution >= 4 is 5.69 Å². The first-order valence-corrected chi connectivity index (χ1v) is 5.11. The average Bonchev–Trinajstić information content (AvgIpc) is 2.23. The lowest BCUT2D eigenvalue weighted by molar-refractivity contribution is 0.0904. The van der Waals surface area contributed by atoms with Crippen LogP contribution in [0.3, 0.4) is 0 Å². The molecule has 0 spiro atoms. The summed E-state index contributed by atoms with van der Waals surface area (Å²) in [6.45, 7) is 3.74. The van der Waals surface area contributed by atoms with E-state index in [-0.39, 0.29) is 0 Å². The van der Waals surface area contributed by atoms with Gasteiger partial charge in [0.25, 0.3) is 0 Å². The second kappa shape index (κ2) is 4.42. The van der Waals surface area contributed by atoms with E-state index < -0.39 is 0 Å². The number of anilines is 1. The van der Waals surface area contributed by atoms with E-state index in [1.54, 1.807) is 0 Å². The molecule has 1 aliphatic rings. The molecule has 1 aliphatic heterocycles. The maximum Gasteiger partial charge on any atom is 0.0529 e. The van der Waals surface area contributed by atoms with Crippen LogP contribution >= 0.6 is 0 Å². The molecule has 14 heavy (non-hydrogen) atoms. The summed E-state index contributed by atoms with van der Waals surface area (Å²) in [6.07, 6.45) is 4.08. The highest BCUT2D eigenvalue weighted by molar-refractivity contribution is 5.41. The van der Waals surface area contributed by atoms with Gasteiger partial charge >= 0.3 is 0 Å². The predicted octanol–water partition coefficient (Wildman–Crippen LogP) is 1.98. The SMILES string of the molecule is Cc1ccc(NC2CCOCC2)cn1. The summed E-state index contributed by atoms with van der Waals surface area (Å²) >= 11 is 0. The Morgan fingerprint density at radius 2 is 2.14 bits per heavy atom. The van der Waals surface area contributed by atoms with Crippen LogP contribution in [0.4, 0.5) is 5.69 Å². The van der Waals surface area contributed by atoms with E-state index >= 15 is 0 Å². The van der Waals surface area contributed by atoms with Crippen LogP contribution in [-0.4, -0.2) is 24.2 Å². The van der Waals surface area contributed by atoms with Crippen LogP contribution in [0.15, 0.2) is 18.3 Å². The third-order valence-electron chi connectivity index (χ3n) is 2.50. The van der Waals surface area contributed by atoms with Crippen molar-refractivity contribution in [2.75, 3.05) is 18.5 Å². The van der Waals surface area contributed by atoms with Crippen LogP contribution in [0.5, 0.6) is 0 Å². The molecule has 3 heteroatoms. The molecule has 1 aromatic rings. The van der Waals surface area contributed by atoms with Crippen LogP contribution < -0.4 is 5.32 Å². The minimum absolute atomic E-state index is 0.549. The van der Waals surface area contributed by atoms with Gasteiger partial charge in [-0.05, 0) is 31.9 Å². The Kier molecular flexibility index (Phi) is 2.99. The molecule has 2 heterocycles. The third kappa shape index (κ3) is 2.45. The molecule has 0 saturated carbocycles. The van der Waals surface area contributed by atoms with E-state index in [4.69, 9.17) is 4.74 Å². The number of nitrogens with one attached hydrogen (secondary N) is 1. The summed E-state index contributed by atoms with van der Waals surface area (Å²) < 4.78 is 5.30. The molecule has 76 valence electrons. The second-order valence-corrected chi connectivity index (χ2v) is 3.72. The van der Waals surface area contributed by atoms with Gasteiger partial charge in [0.05, 0.1) is 11.9 Å². The van der Waals surface area contributed by atoms with Gasteiger partial charge in [-0.1, -0.05) is 0 Å². The van der Waals surface area contributed by atoms with E-state index in [9.17, 15) is 0 Å². The largest absolute Gasteiger partial charge is 0.381 e. The molecular weight excluding hydrogens is 176 g/mol. The number of hydrogen-bond donors (Lipinski definition) is 1. The zero-order valence-electron chi connectivity index (χ0n) is 8.49. The standard InChI is InChI=1S/C11H16N2O/c1-9-2-3-11(8-12-9)13-10-4-6-14-7-5-10/h2-3,8,10,13H,4-7H2,1H3. The summed E-state index contributed by atoms with van der Waals surface area (Å²) in [4.78, 5) is 4.25. The number of ether oxygens (including phenoxy) is 1. The van der Waals surface area contributed by atoms with Crippen molar-refractivity contribution < 1.29 is 4.74 Å². The quantitative estimate of drug-likeness (QED) is 0.778. The first-order chi connectivity index (χ1) is 6.84. The lowest BCUT2D eigenvalue weighted by Gasteiger charge is -2.23. The third-order valence-corrected chi connectivity index (χ3v) is 2.50. The van der Waals surface area contributed by atoms with Crippen LogP contribution in [0, 0.1) is 6.92 Å². The van der Waals surface area contributed by atoms with Crippen molar-refractivity contribution in [2.24, 2.45) is 0 Å². The number of pyridine rings is 1. The number of rotatable bonds is 2. The number of aryl methyl sites for hydroxylation is 1. The zero-order chi connectivity index (χ0) is 9.80. The molecule has 2 rings (SSSR count). The summed E-state index contributed by atoms with van der Waals surface area (Å²) in [5, 5.41) is 3.47. The molecule has 0 atom stereocenters. The molecule has 0 unspecified atom stereocenters. The molecule has 1 aromatic heterocycles. The van der Waals surface area contributed by atoms with Gasteiger partial charge in [-0.3, -0.25) is 4.98 Å². The van der Waals surface area contributed by atoms with Crippen LogP contribution in [0.25, 0.3) is 0 Å². The number of hydrogen-bond acceptors (Lipinski definition) is 3. The topological polar surface area (TPSA) is 34.1 Å². The van der Waals surface area contributed by atoms with E-state index in [0.29, 0.717) is 6.04 Å². The van der Waals surface area contributed by atoms with E-state index in [0.717, 1.165) is 37.4 Å². The molecule has 0 aromatic carbocycles. The minimum Gasteiger partial charge on any atom is -0.381 e. The summed E-state index contributed by atoms with van der Waals surface area (Å²) in [5.74, 6) is 0. The zero-order valence-corrected chi connectivity index (χ0v) is 8.49. The van der Waals surface area contributed by atoms with Gasteiger partial charge in [-0.2, -0.15) is 0 Å².